The molecule has 0 aliphatic heterocycles. The predicted molar refractivity (Wildman–Crippen MR) is 74.6 cm³/mol. The number of nitrogens with zero attached hydrogens (tertiary/aromatic N) is 2. The third-order valence-corrected chi connectivity index (χ3v) is 3.74. The molecule has 3 aromatic rings. The molecule has 0 amide bonds. The lowest BCUT2D eigenvalue weighted by Crippen LogP contribution is -1.87. The molecule has 1 aromatic carbocycles. The Morgan fingerprint density at radius 1 is 1.11 bits per heavy atom. The summed E-state index contributed by atoms with van der Waals surface area (Å²) >= 11 is 1.59. The number of benzene rings is 1. The minimum atomic E-state index is 0.836. The second-order valence-corrected chi connectivity index (χ2v) is 5.14. The summed E-state index contributed by atoms with van der Waals surface area (Å²) in [6.45, 7) is 4.23. The molecule has 90 valence electrons. The minimum absolute atomic E-state index is 0.836. The molecule has 0 spiro atoms. The van der Waals surface area contributed by atoms with Gasteiger partial charge in [0.25, 0.3) is 0 Å². The molecule has 3 nitrogen and oxygen atoms in total. The van der Waals surface area contributed by atoms with Gasteiger partial charge in [0.05, 0.1) is 11.9 Å². The summed E-state index contributed by atoms with van der Waals surface area (Å²) in [6, 6.07) is 6.31. The van der Waals surface area contributed by atoms with Crippen LogP contribution in [-0.4, -0.2) is 15.0 Å². The number of hydrogen-bond acceptors (Lipinski definition) is 3. The van der Waals surface area contributed by atoms with E-state index in [-0.39, 0.29) is 0 Å². The van der Waals surface area contributed by atoms with Crippen molar-refractivity contribution >= 4 is 11.3 Å². The van der Waals surface area contributed by atoms with Crippen LogP contribution in [0, 0.1) is 13.8 Å². The van der Waals surface area contributed by atoms with E-state index in [4.69, 9.17) is 0 Å². The lowest BCUT2D eigenvalue weighted by molar-refractivity contribution is 1.26. The Hall–Kier alpha value is -1.94. The van der Waals surface area contributed by atoms with Gasteiger partial charge in [-0.05, 0) is 25.0 Å². The van der Waals surface area contributed by atoms with Crippen LogP contribution in [0.3, 0.4) is 0 Å². The van der Waals surface area contributed by atoms with Crippen molar-refractivity contribution in [2.45, 2.75) is 13.8 Å². The minimum Gasteiger partial charge on any atom is -0.336 e. The average molecular weight is 255 g/mol. The van der Waals surface area contributed by atoms with Crippen molar-refractivity contribution in [2.24, 2.45) is 0 Å². The summed E-state index contributed by atoms with van der Waals surface area (Å²) in [7, 11) is 0. The number of rotatable bonds is 2. The second kappa shape index (κ2) is 4.38. The number of nitrogens with one attached hydrogen (secondary N) is 1. The van der Waals surface area contributed by atoms with Crippen molar-refractivity contribution in [3.63, 3.8) is 0 Å². The molecule has 0 atom stereocenters. The molecule has 0 radical (unpaired) electrons. The van der Waals surface area contributed by atoms with Gasteiger partial charge < -0.3 is 4.98 Å². The molecule has 2 aromatic heterocycles. The maximum absolute atomic E-state index is 4.41. The zero-order valence-corrected chi connectivity index (χ0v) is 11.1. The summed E-state index contributed by atoms with van der Waals surface area (Å²) in [5.41, 5.74) is 4.79. The van der Waals surface area contributed by atoms with Crippen LogP contribution in [0.25, 0.3) is 22.1 Å². The van der Waals surface area contributed by atoms with Gasteiger partial charge in [0, 0.05) is 17.1 Å². The first-order valence-electron chi connectivity index (χ1n) is 5.77. The quantitative estimate of drug-likeness (QED) is 0.756. The van der Waals surface area contributed by atoms with Gasteiger partial charge in [0.1, 0.15) is 0 Å². The lowest BCUT2D eigenvalue weighted by atomic mass is 10.0. The molecular weight excluding hydrogens is 242 g/mol. The average Bonchev–Trinajstić information content (AvgIpc) is 2.99. The Balaban J connectivity index is 2.09. The van der Waals surface area contributed by atoms with Gasteiger partial charge >= 0.3 is 0 Å². The van der Waals surface area contributed by atoms with Crippen LogP contribution >= 0.6 is 11.3 Å². The highest BCUT2D eigenvalue weighted by Gasteiger charge is 2.10. The fourth-order valence-electron chi connectivity index (χ4n) is 2.14. The predicted octanol–water partition coefficient (Wildman–Crippen LogP) is 3.82. The second-order valence-electron chi connectivity index (χ2n) is 4.25. The maximum Gasteiger partial charge on any atom is 0.167 e. The zero-order chi connectivity index (χ0) is 12.5. The number of aromatic amines is 1. The van der Waals surface area contributed by atoms with Gasteiger partial charge in [-0.3, -0.25) is 0 Å². The number of H-pyrrole nitrogens is 1. The maximum atomic E-state index is 4.41. The standard InChI is InChI=1S/C14H13N3S/c1-9-4-3-5-10(2)12(9)11-8-16-13(17-11)14-15-6-7-18-14/h3-8H,1-2H3,(H,16,17). The lowest BCUT2D eigenvalue weighted by Gasteiger charge is -2.06. The third-order valence-electron chi connectivity index (χ3n) is 2.96. The van der Waals surface area contributed by atoms with Gasteiger partial charge in [-0.2, -0.15) is 0 Å². The molecule has 0 bridgehead atoms. The molecule has 0 fully saturated rings. The zero-order valence-electron chi connectivity index (χ0n) is 10.3. The van der Waals surface area contributed by atoms with E-state index in [0.29, 0.717) is 0 Å². The molecule has 0 aliphatic rings. The van der Waals surface area contributed by atoms with E-state index in [1.807, 2.05) is 11.6 Å². The topological polar surface area (TPSA) is 41.6 Å². The van der Waals surface area contributed by atoms with Gasteiger partial charge in [0.15, 0.2) is 10.8 Å². The van der Waals surface area contributed by atoms with Gasteiger partial charge in [0.2, 0.25) is 0 Å². The summed E-state index contributed by atoms with van der Waals surface area (Å²) < 4.78 is 0. The Labute approximate surface area is 110 Å². The highest BCUT2D eigenvalue weighted by atomic mass is 32.1. The van der Waals surface area contributed by atoms with Crippen LogP contribution in [0.4, 0.5) is 0 Å². The van der Waals surface area contributed by atoms with E-state index in [1.54, 1.807) is 17.5 Å². The first kappa shape index (κ1) is 11.2. The molecule has 0 saturated carbocycles. The number of imidazole rings is 1. The van der Waals surface area contributed by atoms with E-state index < -0.39 is 0 Å². The van der Waals surface area contributed by atoms with Crippen molar-refractivity contribution in [1.82, 2.24) is 15.0 Å². The molecule has 2 heterocycles. The van der Waals surface area contributed by atoms with Crippen molar-refractivity contribution in [3.05, 3.63) is 47.1 Å². The van der Waals surface area contributed by atoms with Crippen molar-refractivity contribution in [1.29, 1.82) is 0 Å². The molecule has 4 heteroatoms. The van der Waals surface area contributed by atoms with Crippen LogP contribution in [-0.2, 0) is 0 Å². The summed E-state index contributed by atoms with van der Waals surface area (Å²) in [5, 5.41) is 2.88. The van der Waals surface area contributed by atoms with Gasteiger partial charge in [-0.25, -0.2) is 9.97 Å². The molecular formula is C14H13N3S. The molecule has 3 rings (SSSR count). The Bertz CT molecular complexity index is 648. The van der Waals surface area contributed by atoms with E-state index in [0.717, 1.165) is 16.5 Å². The molecule has 0 aliphatic carbocycles. The molecule has 0 saturated heterocycles. The van der Waals surface area contributed by atoms with Crippen molar-refractivity contribution in [2.75, 3.05) is 0 Å². The van der Waals surface area contributed by atoms with Crippen molar-refractivity contribution in [3.8, 4) is 22.1 Å². The number of hydrogen-bond donors (Lipinski definition) is 1. The Morgan fingerprint density at radius 3 is 2.56 bits per heavy atom. The van der Waals surface area contributed by atoms with Crippen molar-refractivity contribution < 1.29 is 0 Å². The fraction of sp³-hybridized carbons (Fsp3) is 0.143. The first-order valence-corrected chi connectivity index (χ1v) is 6.65. The summed E-state index contributed by atoms with van der Waals surface area (Å²) in [4.78, 5) is 12.0. The normalized spacial score (nSPS) is 10.8. The largest absolute Gasteiger partial charge is 0.336 e. The molecule has 1 N–H and O–H groups in total. The monoisotopic (exact) mass is 255 g/mol. The highest BCUT2D eigenvalue weighted by Crippen LogP contribution is 2.28. The van der Waals surface area contributed by atoms with Crippen LogP contribution in [0.15, 0.2) is 36.0 Å². The van der Waals surface area contributed by atoms with Gasteiger partial charge in [-0.15, -0.1) is 11.3 Å². The van der Waals surface area contributed by atoms with E-state index >= 15 is 0 Å². The van der Waals surface area contributed by atoms with Crippen LogP contribution < -0.4 is 0 Å². The summed E-state index contributed by atoms with van der Waals surface area (Å²) in [5.74, 6) is 0.836. The number of aromatic nitrogens is 3. The van der Waals surface area contributed by atoms with Crippen LogP contribution in [0.5, 0.6) is 0 Å². The first-order chi connectivity index (χ1) is 8.75. The van der Waals surface area contributed by atoms with Gasteiger partial charge in [-0.1, -0.05) is 18.2 Å². The van der Waals surface area contributed by atoms with E-state index in [9.17, 15) is 0 Å². The molecule has 0 unspecified atom stereocenters. The third kappa shape index (κ3) is 1.84. The summed E-state index contributed by atoms with van der Waals surface area (Å²) in [6.07, 6.45) is 3.67. The fourth-order valence-corrected chi connectivity index (χ4v) is 2.72. The smallest absolute Gasteiger partial charge is 0.167 e. The number of aryl methyl sites for hydroxylation is 2. The van der Waals surface area contributed by atoms with Crippen LogP contribution in [0.1, 0.15) is 11.1 Å². The van der Waals surface area contributed by atoms with Crippen LogP contribution in [0.2, 0.25) is 0 Å². The van der Waals surface area contributed by atoms with E-state index in [2.05, 4.69) is 47.0 Å². The highest BCUT2D eigenvalue weighted by molar-refractivity contribution is 7.13. The Morgan fingerprint density at radius 2 is 1.89 bits per heavy atom. The number of thiazole rings is 1. The van der Waals surface area contributed by atoms with E-state index in [1.165, 1.54) is 16.7 Å². The molecule has 18 heavy (non-hydrogen) atoms. The Kier molecular flexibility index (Phi) is 2.72. The SMILES string of the molecule is Cc1cccc(C)c1-c1cnc(-c2nccs2)[nH]1.